The van der Waals surface area contributed by atoms with Gasteiger partial charge in [0.25, 0.3) is 5.91 Å². The maximum Gasteiger partial charge on any atom is 0.258 e. The van der Waals surface area contributed by atoms with Gasteiger partial charge in [-0.3, -0.25) is 14.5 Å². The molecule has 1 aliphatic heterocycles. The minimum atomic E-state index is -0.218. The summed E-state index contributed by atoms with van der Waals surface area (Å²) in [6.45, 7) is 1.79. The van der Waals surface area contributed by atoms with Crippen LogP contribution in [0.5, 0.6) is 5.75 Å². The molecular formula is C21H25N3O3. The molecule has 142 valence electrons. The first kappa shape index (κ1) is 18.9. The van der Waals surface area contributed by atoms with Gasteiger partial charge < -0.3 is 15.4 Å². The molecule has 6 nitrogen and oxygen atoms in total. The van der Waals surface area contributed by atoms with E-state index in [-0.39, 0.29) is 24.4 Å². The van der Waals surface area contributed by atoms with Crippen molar-refractivity contribution in [3.05, 3.63) is 60.2 Å². The Morgan fingerprint density at radius 1 is 1.07 bits per heavy atom. The predicted molar refractivity (Wildman–Crippen MR) is 105 cm³/mol. The maximum atomic E-state index is 13.1. The van der Waals surface area contributed by atoms with Crippen molar-refractivity contribution in [3.63, 3.8) is 0 Å². The lowest BCUT2D eigenvalue weighted by Gasteiger charge is -2.26. The molecule has 0 radical (unpaired) electrons. The molecule has 0 spiro atoms. The van der Waals surface area contributed by atoms with Gasteiger partial charge in [-0.25, -0.2) is 0 Å². The Kier molecular flexibility index (Phi) is 6.44. The highest BCUT2D eigenvalue weighted by Crippen LogP contribution is 2.19. The van der Waals surface area contributed by atoms with Gasteiger partial charge in [-0.05, 0) is 62.3 Å². The van der Waals surface area contributed by atoms with Gasteiger partial charge in [-0.1, -0.05) is 18.2 Å². The summed E-state index contributed by atoms with van der Waals surface area (Å²) in [5.41, 5.74) is 1.20. The van der Waals surface area contributed by atoms with Crippen molar-refractivity contribution >= 4 is 17.5 Å². The second-order valence-corrected chi connectivity index (χ2v) is 6.55. The fraction of sp³-hybridized carbons (Fsp3) is 0.333. The van der Waals surface area contributed by atoms with Crippen LogP contribution in [0.4, 0.5) is 5.69 Å². The van der Waals surface area contributed by atoms with Gasteiger partial charge in [0.15, 0.2) is 0 Å². The van der Waals surface area contributed by atoms with Crippen molar-refractivity contribution in [2.45, 2.75) is 18.9 Å². The van der Waals surface area contributed by atoms with Crippen molar-refractivity contribution < 1.29 is 14.3 Å². The molecule has 27 heavy (non-hydrogen) atoms. The molecule has 2 aromatic carbocycles. The van der Waals surface area contributed by atoms with Gasteiger partial charge in [0.1, 0.15) is 12.3 Å². The molecule has 0 bridgehead atoms. The van der Waals surface area contributed by atoms with Gasteiger partial charge in [-0.2, -0.15) is 0 Å². The Labute approximate surface area is 159 Å². The van der Waals surface area contributed by atoms with Gasteiger partial charge in [-0.15, -0.1) is 0 Å². The van der Waals surface area contributed by atoms with E-state index in [0.717, 1.165) is 25.9 Å². The molecule has 2 N–H and O–H groups in total. The van der Waals surface area contributed by atoms with Crippen molar-refractivity contribution in [1.82, 2.24) is 10.6 Å². The minimum Gasteiger partial charge on any atom is -0.497 e. The van der Waals surface area contributed by atoms with Crippen LogP contribution in [-0.4, -0.2) is 44.6 Å². The molecule has 1 heterocycles. The van der Waals surface area contributed by atoms with E-state index in [4.69, 9.17) is 4.74 Å². The molecule has 1 aliphatic rings. The van der Waals surface area contributed by atoms with Crippen LogP contribution in [0.25, 0.3) is 0 Å². The Bertz CT molecular complexity index is 756. The van der Waals surface area contributed by atoms with Gasteiger partial charge in [0, 0.05) is 17.3 Å². The van der Waals surface area contributed by atoms with Gasteiger partial charge in [0.2, 0.25) is 5.91 Å². The van der Waals surface area contributed by atoms with Crippen molar-refractivity contribution in [2.75, 3.05) is 31.6 Å². The van der Waals surface area contributed by atoms with Crippen LogP contribution in [0.2, 0.25) is 0 Å². The summed E-state index contributed by atoms with van der Waals surface area (Å²) < 4.78 is 5.15. The van der Waals surface area contributed by atoms with E-state index >= 15 is 0 Å². The number of anilines is 1. The molecule has 2 amide bonds. The predicted octanol–water partition coefficient (Wildman–Crippen LogP) is 2.21. The zero-order valence-electron chi connectivity index (χ0n) is 15.5. The van der Waals surface area contributed by atoms with E-state index < -0.39 is 0 Å². The number of nitrogens with zero attached hydrogens (tertiary/aromatic N) is 1. The molecule has 2 aromatic rings. The Morgan fingerprint density at radius 2 is 1.74 bits per heavy atom. The monoisotopic (exact) mass is 367 g/mol. The number of hydrogen-bond acceptors (Lipinski definition) is 4. The number of benzene rings is 2. The highest BCUT2D eigenvalue weighted by atomic mass is 16.5. The number of methoxy groups -OCH3 is 1. The van der Waals surface area contributed by atoms with E-state index in [1.165, 1.54) is 4.90 Å². The van der Waals surface area contributed by atoms with Crippen LogP contribution < -0.4 is 20.3 Å². The second-order valence-electron chi connectivity index (χ2n) is 6.55. The van der Waals surface area contributed by atoms with Crippen molar-refractivity contribution in [1.29, 1.82) is 0 Å². The number of ether oxygens (including phenoxy) is 1. The van der Waals surface area contributed by atoms with Crippen LogP contribution in [0.15, 0.2) is 54.6 Å². The minimum absolute atomic E-state index is 0.0151. The third-order valence-corrected chi connectivity index (χ3v) is 4.66. The largest absolute Gasteiger partial charge is 0.497 e. The van der Waals surface area contributed by atoms with Gasteiger partial charge >= 0.3 is 0 Å². The number of carbonyl (C=O) groups is 2. The van der Waals surface area contributed by atoms with Gasteiger partial charge in [0.05, 0.1) is 7.11 Å². The third kappa shape index (κ3) is 5.08. The Hall–Kier alpha value is -2.86. The topological polar surface area (TPSA) is 70.7 Å². The molecule has 0 atom stereocenters. The van der Waals surface area contributed by atoms with E-state index in [0.29, 0.717) is 17.0 Å². The molecule has 0 unspecified atom stereocenters. The van der Waals surface area contributed by atoms with E-state index in [1.807, 2.05) is 30.3 Å². The molecule has 6 heteroatoms. The number of carbonyl (C=O) groups excluding carboxylic acids is 2. The SMILES string of the molecule is COc1ccc(C(=O)N(CC(=O)NC2CCNCC2)c2ccccc2)cc1. The number of para-hydroxylation sites is 1. The number of nitrogens with one attached hydrogen (secondary N) is 2. The summed E-state index contributed by atoms with van der Waals surface area (Å²) >= 11 is 0. The summed E-state index contributed by atoms with van der Waals surface area (Å²) in [5, 5.41) is 6.33. The maximum absolute atomic E-state index is 13.1. The zero-order chi connectivity index (χ0) is 19.1. The normalized spacial score (nSPS) is 14.4. The highest BCUT2D eigenvalue weighted by molar-refractivity contribution is 6.08. The summed E-state index contributed by atoms with van der Waals surface area (Å²) in [6.07, 6.45) is 1.81. The van der Waals surface area contributed by atoms with Crippen LogP contribution in [0.1, 0.15) is 23.2 Å². The number of rotatable bonds is 6. The first-order valence-corrected chi connectivity index (χ1v) is 9.18. The quantitative estimate of drug-likeness (QED) is 0.821. The Morgan fingerprint density at radius 3 is 2.37 bits per heavy atom. The van der Waals surface area contributed by atoms with Crippen LogP contribution in [0, 0.1) is 0 Å². The summed E-state index contributed by atoms with van der Waals surface area (Å²) in [5.74, 6) is 0.318. The molecule has 1 fully saturated rings. The van der Waals surface area contributed by atoms with Crippen molar-refractivity contribution in [3.8, 4) is 5.75 Å². The lowest BCUT2D eigenvalue weighted by atomic mass is 10.1. The third-order valence-electron chi connectivity index (χ3n) is 4.66. The number of piperidine rings is 1. The number of hydrogen-bond donors (Lipinski definition) is 2. The smallest absolute Gasteiger partial charge is 0.258 e. The first-order valence-electron chi connectivity index (χ1n) is 9.18. The van der Waals surface area contributed by atoms with Crippen LogP contribution in [-0.2, 0) is 4.79 Å². The lowest BCUT2D eigenvalue weighted by molar-refractivity contribution is -0.120. The Balaban J connectivity index is 1.76. The fourth-order valence-corrected chi connectivity index (χ4v) is 3.16. The molecular weight excluding hydrogens is 342 g/mol. The zero-order valence-corrected chi connectivity index (χ0v) is 15.5. The van der Waals surface area contributed by atoms with Crippen LogP contribution in [0.3, 0.4) is 0 Å². The fourth-order valence-electron chi connectivity index (χ4n) is 3.16. The standard InChI is InChI=1S/C21H25N3O3/c1-27-19-9-7-16(8-10-19)21(26)24(18-5-3-2-4-6-18)15-20(25)23-17-11-13-22-14-12-17/h2-10,17,22H,11-15H2,1H3,(H,23,25). The average Bonchev–Trinajstić information content (AvgIpc) is 2.73. The average molecular weight is 367 g/mol. The van der Waals surface area contributed by atoms with E-state index in [2.05, 4.69) is 10.6 Å². The molecule has 3 rings (SSSR count). The summed E-state index contributed by atoms with van der Waals surface area (Å²) in [4.78, 5) is 27.2. The molecule has 1 saturated heterocycles. The van der Waals surface area contributed by atoms with Crippen LogP contribution >= 0.6 is 0 Å². The first-order chi connectivity index (χ1) is 13.2. The summed E-state index contributed by atoms with van der Waals surface area (Å²) in [6, 6.07) is 16.3. The van der Waals surface area contributed by atoms with E-state index in [9.17, 15) is 9.59 Å². The molecule has 0 saturated carbocycles. The second kappa shape index (κ2) is 9.19. The molecule has 0 aliphatic carbocycles. The van der Waals surface area contributed by atoms with E-state index in [1.54, 1.807) is 31.4 Å². The van der Waals surface area contributed by atoms with Crippen molar-refractivity contribution in [2.24, 2.45) is 0 Å². The molecule has 0 aromatic heterocycles. The number of amides is 2. The highest BCUT2D eigenvalue weighted by Gasteiger charge is 2.22. The lowest BCUT2D eigenvalue weighted by Crippen LogP contribution is -2.47. The summed E-state index contributed by atoms with van der Waals surface area (Å²) in [7, 11) is 1.58.